The number of H-pyrrole nitrogens is 1. The number of rotatable bonds is 12. The van der Waals surface area contributed by atoms with Crippen LogP contribution in [-0.4, -0.2) is 57.5 Å². The van der Waals surface area contributed by atoms with Crippen molar-refractivity contribution in [3.05, 3.63) is 93.9 Å². The first-order valence-electron chi connectivity index (χ1n) is 11.8. The molecule has 0 aliphatic rings. The van der Waals surface area contributed by atoms with Crippen molar-refractivity contribution in [1.82, 2.24) is 24.7 Å². The minimum atomic E-state index is -0.448. The number of hydrogen-bond acceptors (Lipinski definition) is 8. The highest BCUT2D eigenvalue weighted by Gasteiger charge is 2.23. The summed E-state index contributed by atoms with van der Waals surface area (Å²) in [6, 6.07) is 14.7. The number of aromatic nitrogens is 5. The monoisotopic (exact) mass is 503 g/mol. The molecule has 0 aliphatic heterocycles. The van der Waals surface area contributed by atoms with Crippen molar-refractivity contribution in [3.63, 3.8) is 0 Å². The van der Waals surface area contributed by atoms with Crippen molar-refractivity contribution >= 4 is 5.84 Å². The zero-order chi connectivity index (χ0) is 26.2. The molecule has 37 heavy (non-hydrogen) atoms. The minimum absolute atomic E-state index is 0.00343. The molecule has 0 saturated heterocycles. The fourth-order valence-corrected chi connectivity index (χ4v) is 3.83. The molecule has 0 fully saturated rings. The summed E-state index contributed by atoms with van der Waals surface area (Å²) >= 11 is 0. The van der Waals surface area contributed by atoms with Crippen molar-refractivity contribution in [3.8, 4) is 17.4 Å². The molecule has 1 unspecified atom stereocenters. The number of nitrogens with one attached hydrogen (secondary N) is 2. The number of nitrogens with two attached hydrogens (primary N) is 1. The Bertz CT molecular complexity index is 1380. The summed E-state index contributed by atoms with van der Waals surface area (Å²) < 4.78 is 17.9. The highest BCUT2D eigenvalue weighted by atomic mass is 16.5. The summed E-state index contributed by atoms with van der Waals surface area (Å²) in [7, 11) is 1.61. The van der Waals surface area contributed by atoms with E-state index in [0.717, 1.165) is 15.8 Å². The van der Waals surface area contributed by atoms with Gasteiger partial charge in [0.15, 0.2) is 0 Å². The Morgan fingerprint density at radius 2 is 1.78 bits per heavy atom. The Kier molecular flexibility index (Phi) is 8.26. The van der Waals surface area contributed by atoms with Crippen molar-refractivity contribution in [2.75, 3.05) is 26.9 Å². The van der Waals surface area contributed by atoms with Crippen LogP contribution in [0.25, 0.3) is 5.95 Å². The van der Waals surface area contributed by atoms with Gasteiger partial charge in [-0.05, 0) is 42.7 Å². The second-order valence-corrected chi connectivity index (χ2v) is 8.16. The molecule has 0 aliphatic carbocycles. The molecule has 0 bridgehead atoms. The van der Waals surface area contributed by atoms with E-state index in [1.54, 1.807) is 37.7 Å². The van der Waals surface area contributed by atoms with E-state index in [9.17, 15) is 4.79 Å². The van der Waals surface area contributed by atoms with Gasteiger partial charge < -0.3 is 19.9 Å². The van der Waals surface area contributed by atoms with Crippen molar-refractivity contribution in [2.24, 2.45) is 5.73 Å². The normalized spacial score (nSPS) is 11.7. The number of amidine groups is 1. The Balaban J connectivity index is 1.78. The van der Waals surface area contributed by atoms with Gasteiger partial charge in [-0.2, -0.15) is 0 Å². The largest absolute Gasteiger partial charge is 0.494 e. The second kappa shape index (κ2) is 12.0. The number of nitrogens with zero attached hydrogens (tertiary/aromatic N) is 4. The highest BCUT2D eigenvalue weighted by molar-refractivity contribution is 5.94. The third-order valence-electron chi connectivity index (χ3n) is 5.58. The molecular weight excluding hydrogens is 474 g/mol. The van der Waals surface area contributed by atoms with Gasteiger partial charge in [0.05, 0.1) is 13.2 Å². The number of hydrogen-bond donors (Lipinski definition) is 3. The molecule has 4 aromatic rings. The first-order chi connectivity index (χ1) is 18.0. The Labute approximate surface area is 213 Å². The smallest absolute Gasteiger partial charge is 0.350 e. The van der Waals surface area contributed by atoms with Crippen LogP contribution >= 0.6 is 0 Å². The first kappa shape index (κ1) is 25.6. The van der Waals surface area contributed by atoms with Gasteiger partial charge in [-0.3, -0.25) is 10.4 Å². The summed E-state index contributed by atoms with van der Waals surface area (Å²) in [6.07, 6.45) is 3.59. The van der Waals surface area contributed by atoms with Gasteiger partial charge in [0, 0.05) is 37.1 Å². The topological polar surface area (TPSA) is 154 Å². The zero-order valence-corrected chi connectivity index (χ0v) is 20.7. The van der Waals surface area contributed by atoms with Gasteiger partial charge in [-0.15, -0.1) is 9.78 Å². The molecule has 192 valence electrons. The summed E-state index contributed by atoms with van der Waals surface area (Å²) in [6.45, 7) is 3.20. The summed E-state index contributed by atoms with van der Waals surface area (Å²) in [5, 5.41) is 12.2. The van der Waals surface area contributed by atoms with Gasteiger partial charge in [-0.1, -0.05) is 24.3 Å². The molecule has 2 heterocycles. The van der Waals surface area contributed by atoms with Gasteiger partial charge in [-0.25, -0.2) is 14.8 Å². The summed E-state index contributed by atoms with van der Waals surface area (Å²) in [4.78, 5) is 24.0. The minimum Gasteiger partial charge on any atom is -0.494 e. The van der Waals surface area contributed by atoms with Crippen LogP contribution in [0.1, 0.15) is 35.4 Å². The van der Waals surface area contributed by atoms with E-state index in [-0.39, 0.29) is 17.7 Å². The van der Waals surface area contributed by atoms with Crippen LogP contribution in [0, 0.1) is 5.41 Å². The van der Waals surface area contributed by atoms with Crippen LogP contribution in [0.5, 0.6) is 11.5 Å². The molecule has 2 aromatic heterocycles. The summed E-state index contributed by atoms with van der Waals surface area (Å²) in [5.74, 6) is 1.48. The van der Waals surface area contributed by atoms with Crippen LogP contribution in [0.3, 0.4) is 0 Å². The third-order valence-corrected chi connectivity index (χ3v) is 5.58. The molecule has 4 rings (SSSR count). The number of methoxy groups -OCH3 is 1. The van der Waals surface area contributed by atoms with Gasteiger partial charge in [0.2, 0.25) is 0 Å². The SMILES string of the molecule is CCOc1cc(OCCOC)cc(C(Cc2ccc(C(=N)N)cc2)c2nn(-c3ncccn3)c(=O)[nH]2)c1. The maximum Gasteiger partial charge on any atom is 0.350 e. The quantitative estimate of drug-likeness (QED) is 0.151. The lowest BCUT2D eigenvalue weighted by molar-refractivity contribution is 0.146. The maximum atomic E-state index is 12.8. The van der Waals surface area contributed by atoms with E-state index in [0.29, 0.717) is 49.1 Å². The predicted molar refractivity (Wildman–Crippen MR) is 138 cm³/mol. The van der Waals surface area contributed by atoms with E-state index >= 15 is 0 Å². The van der Waals surface area contributed by atoms with E-state index in [1.165, 1.54) is 0 Å². The number of ether oxygens (including phenoxy) is 3. The zero-order valence-electron chi connectivity index (χ0n) is 20.7. The Morgan fingerprint density at radius 3 is 2.43 bits per heavy atom. The average molecular weight is 504 g/mol. The molecule has 11 heteroatoms. The molecule has 4 N–H and O–H groups in total. The van der Waals surface area contributed by atoms with E-state index in [4.69, 9.17) is 25.4 Å². The standard InChI is InChI=1S/C26H29N7O4/c1-3-36-20-14-19(15-21(16-20)37-12-11-35-2)22(13-17-5-7-18(8-6-17)23(27)28)24-31-26(34)33(32-24)25-29-9-4-10-30-25/h4-10,14-16,22H,3,11-13H2,1-2H3,(H3,27,28)(H,31,32,34). The lowest BCUT2D eigenvalue weighted by Crippen LogP contribution is -2.18. The maximum absolute atomic E-state index is 12.8. The number of nitrogen functional groups attached to an aromatic ring is 1. The van der Waals surface area contributed by atoms with Crippen molar-refractivity contribution < 1.29 is 14.2 Å². The lowest BCUT2D eigenvalue weighted by Gasteiger charge is -2.18. The van der Waals surface area contributed by atoms with Crippen LogP contribution in [0.15, 0.2) is 65.7 Å². The van der Waals surface area contributed by atoms with Crippen molar-refractivity contribution in [2.45, 2.75) is 19.3 Å². The Hall–Kier alpha value is -4.51. The van der Waals surface area contributed by atoms with Crippen LogP contribution in [0.4, 0.5) is 0 Å². The van der Waals surface area contributed by atoms with Crippen LogP contribution < -0.4 is 20.9 Å². The molecule has 0 spiro atoms. The van der Waals surface area contributed by atoms with Gasteiger partial charge >= 0.3 is 5.69 Å². The predicted octanol–water partition coefficient (Wildman–Crippen LogP) is 2.43. The van der Waals surface area contributed by atoms with E-state index in [2.05, 4.69) is 20.1 Å². The van der Waals surface area contributed by atoms with E-state index in [1.807, 2.05) is 37.3 Å². The fourth-order valence-electron chi connectivity index (χ4n) is 3.83. The third kappa shape index (κ3) is 6.39. The molecule has 0 amide bonds. The van der Waals surface area contributed by atoms with Gasteiger partial charge in [0.1, 0.15) is 29.8 Å². The number of aromatic amines is 1. The molecule has 0 radical (unpaired) electrons. The molecule has 2 aromatic carbocycles. The molecule has 11 nitrogen and oxygen atoms in total. The van der Waals surface area contributed by atoms with Gasteiger partial charge in [0.25, 0.3) is 5.95 Å². The summed E-state index contributed by atoms with van der Waals surface area (Å²) in [5.41, 5.74) is 7.60. The lowest BCUT2D eigenvalue weighted by atomic mass is 9.90. The molecular formula is C26H29N7O4. The second-order valence-electron chi connectivity index (χ2n) is 8.16. The highest BCUT2D eigenvalue weighted by Crippen LogP contribution is 2.33. The fraction of sp³-hybridized carbons (Fsp3) is 0.269. The Morgan fingerprint density at radius 1 is 1.08 bits per heavy atom. The number of benzene rings is 2. The van der Waals surface area contributed by atoms with Crippen molar-refractivity contribution in [1.29, 1.82) is 5.41 Å². The van der Waals surface area contributed by atoms with Crippen LogP contribution in [-0.2, 0) is 11.2 Å². The first-order valence-corrected chi connectivity index (χ1v) is 11.8. The molecule has 1 atom stereocenters. The average Bonchev–Trinajstić information content (AvgIpc) is 3.29. The molecule has 0 saturated carbocycles. The van der Waals surface area contributed by atoms with E-state index < -0.39 is 5.69 Å². The van der Waals surface area contributed by atoms with Crippen LogP contribution in [0.2, 0.25) is 0 Å².